The number of hydrogen-bond donors (Lipinski definition) is 0. The standard InChI is InChI=1S/C24H31N3OS/c28-24(22-10-13-26(14-11-22)20-23-9-5-19-29-23)27-17-15-25(16-18-27)12-4-8-21-6-2-1-3-7-21/h1-9,19,22H,10-18,20H2. The number of hydrogen-bond acceptors (Lipinski definition) is 4. The molecule has 0 bridgehead atoms. The number of nitrogens with zero attached hydrogens (tertiary/aromatic N) is 3. The van der Waals surface area contributed by atoms with E-state index in [0.29, 0.717) is 5.91 Å². The van der Waals surface area contributed by atoms with Crippen molar-refractivity contribution in [2.45, 2.75) is 19.4 Å². The van der Waals surface area contributed by atoms with Gasteiger partial charge in [0.1, 0.15) is 0 Å². The number of amides is 1. The van der Waals surface area contributed by atoms with E-state index < -0.39 is 0 Å². The first-order valence-electron chi connectivity index (χ1n) is 10.8. The van der Waals surface area contributed by atoms with Crippen molar-refractivity contribution in [3.05, 3.63) is 64.4 Å². The Kier molecular flexibility index (Phi) is 7.14. The Balaban J connectivity index is 1.17. The van der Waals surface area contributed by atoms with Gasteiger partial charge in [-0.3, -0.25) is 14.6 Å². The van der Waals surface area contributed by atoms with Gasteiger partial charge in [-0.25, -0.2) is 0 Å². The van der Waals surface area contributed by atoms with Crippen LogP contribution in [0.5, 0.6) is 0 Å². The minimum Gasteiger partial charge on any atom is -0.340 e. The van der Waals surface area contributed by atoms with Crippen LogP contribution in [0.25, 0.3) is 6.08 Å². The molecule has 0 aliphatic carbocycles. The van der Waals surface area contributed by atoms with Gasteiger partial charge in [0.15, 0.2) is 0 Å². The number of piperazine rings is 1. The van der Waals surface area contributed by atoms with Crippen LogP contribution in [0.3, 0.4) is 0 Å². The Morgan fingerprint density at radius 2 is 1.69 bits per heavy atom. The minimum absolute atomic E-state index is 0.221. The zero-order chi connectivity index (χ0) is 19.9. The van der Waals surface area contributed by atoms with E-state index in [-0.39, 0.29) is 5.92 Å². The molecule has 5 heteroatoms. The highest BCUT2D eigenvalue weighted by atomic mass is 32.1. The molecule has 29 heavy (non-hydrogen) atoms. The number of likely N-dealkylation sites (tertiary alicyclic amines) is 1. The van der Waals surface area contributed by atoms with E-state index in [4.69, 9.17) is 0 Å². The fourth-order valence-corrected chi connectivity index (χ4v) is 5.02. The zero-order valence-corrected chi connectivity index (χ0v) is 17.9. The topological polar surface area (TPSA) is 26.8 Å². The molecule has 2 aliphatic heterocycles. The van der Waals surface area contributed by atoms with Gasteiger partial charge in [0.25, 0.3) is 0 Å². The van der Waals surface area contributed by atoms with E-state index in [1.54, 1.807) is 0 Å². The highest BCUT2D eigenvalue weighted by molar-refractivity contribution is 7.09. The SMILES string of the molecule is O=C(C1CCN(Cc2cccs2)CC1)N1CCN(CC=Cc2ccccc2)CC1. The van der Waals surface area contributed by atoms with Crippen LogP contribution >= 0.6 is 11.3 Å². The van der Waals surface area contributed by atoms with E-state index in [0.717, 1.165) is 65.2 Å². The van der Waals surface area contributed by atoms with Crippen LogP contribution in [-0.2, 0) is 11.3 Å². The lowest BCUT2D eigenvalue weighted by atomic mass is 9.95. The molecule has 0 saturated carbocycles. The van der Waals surface area contributed by atoms with Gasteiger partial charge in [-0.15, -0.1) is 11.3 Å². The molecule has 0 unspecified atom stereocenters. The molecule has 0 spiro atoms. The molecule has 1 aromatic heterocycles. The van der Waals surface area contributed by atoms with Crippen LogP contribution in [0.4, 0.5) is 0 Å². The van der Waals surface area contributed by atoms with Gasteiger partial charge in [0, 0.05) is 50.1 Å². The Hall–Kier alpha value is -1.95. The molecule has 0 atom stereocenters. The Morgan fingerprint density at radius 1 is 0.931 bits per heavy atom. The van der Waals surface area contributed by atoms with Gasteiger partial charge in [0.2, 0.25) is 5.91 Å². The van der Waals surface area contributed by atoms with Crippen molar-refractivity contribution in [3.63, 3.8) is 0 Å². The van der Waals surface area contributed by atoms with Crippen LogP contribution < -0.4 is 0 Å². The maximum absolute atomic E-state index is 13.0. The zero-order valence-electron chi connectivity index (χ0n) is 17.1. The molecule has 4 rings (SSSR count). The molecule has 1 aromatic carbocycles. The van der Waals surface area contributed by atoms with Crippen LogP contribution in [0.2, 0.25) is 0 Å². The van der Waals surface area contributed by atoms with E-state index in [1.165, 1.54) is 10.4 Å². The monoisotopic (exact) mass is 409 g/mol. The Bertz CT molecular complexity index is 774. The summed E-state index contributed by atoms with van der Waals surface area (Å²) in [4.78, 5) is 21.4. The molecular weight excluding hydrogens is 378 g/mol. The molecule has 0 N–H and O–H groups in total. The fraction of sp³-hybridized carbons (Fsp3) is 0.458. The summed E-state index contributed by atoms with van der Waals surface area (Å²) >= 11 is 1.82. The molecule has 154 valence electrons. The van der Waals surface area contributed by atoms with Crippen molar-refractivity contribution in [1.82, 2.24) is 14.7 Å². The summed E-state index contributed by atoms with van der Waals surface area (Å²) in [5, 5.41) is 2.14. The smallest absolute Gasteiger partial charge is 0.225 e. The third-order valence-electron chi connectivity index (χ3n) is 6.05. The van der Waals surface area contributed by atoms with Crippen molar-refractivity contribution in [3.8, 4) is 0 Å². The Labute approximate surface area is 178 Å². The fourth-order valence-electron chi connectivity index (χ4n) is 4.27. The summed E-state index contributed by atoms with van der Waals surface area (Å²) in [6.45, 7) is 7.76. The first-order chi connectivity index (χ1) is 14.3. The third kappa shape index (κ3) is 5.78. The number of carbonyl (C=O) groups excluding carboxylic acids is 1. The molecule has 1 amide bonds. The normalized spacial score (nSPS) is 19.8. The van der Waals surface area contributed by atoms with E-state index in [2.05, 4.69) is 68.6 Å². The third-order valence-corrected chi connectivity index (χ3v) is 6.91. The second kappa shape index (κ2) is 10.2. The predicted octanol–water partition coefficient (Wildman–Crippen LogP) is 3.82. The second-order valence-corrected chi connectivity index (χ2v) is 9.10. The van der Waals surface area contributed by atoms with Crippen molar-refractivity contribution in [1.29, 1.82) is 0 Å². The van der Waals surface area contributed by atoms with Gasteiger partial charge < -0.3 is 4.90 Å². The summed E-state index contributed by atoms with van der Waals surface area (Å²) in [6.07, 6.45) is 6.42. The van der Waals surface area contributed by atoms with Crippen molar-refractivity contribution in [2.75, 3.05) is 45.8 Å². The van der Waals surface area contributed by atoms with Gasteiger partial charge in [-0.2, -0.15) is 0 Å². The first-order valence-corrected chi connectivity index (χ1v) is 11.6. The minimum atomic E-state index is 0.221. The molecule has 4 nitrogen and oxygen atoms in total. The average Bonchev–Trinajstić information content (AvgIpc) is 3.28. The quantitative estimate of drug-likeness (QED) is 0.726. The first kappa shape index (κ1) is 20.3. The van der Waals surface area contributed by atoms with Crippen LogP contribution in [-0.4, -0.2) is 66.4 Å². The number of rotatable bonds is 6. The van der Waals surface area contributed by atoms with Crippen molar-refractivity contribution >= 4 is 23.3 Å². The molecule has 0 radical (unpaired) electrons. The number of carbonyl (C=O) groups is 1. The van der Waals surface area contributed by atoms with Crippen LogP contribution in [0.15, 0.2) is 53.9 Å². The molecule has 2 fully saturated rings. The highest BCUT2D eigenvalue weighted by Gasteiger charge is 2.30. The molecule has 3 heterocycles. The predicted molar refractivity (Wildman–Crippen MR) is 121 cm³/mol. The summed E-state index contributed by atoms with van der Waals surface area (Å²) in [5.74, 6) is 0.611. The van der Waals surface area contributed by atoms with E-state index in [9.17, 15) is 4.79 Å². The van der Waals surface area contributed by atoms with Gasteiger partial charge in [-0.05, 0) is 42.9 Å². The lowest BCUT2D eigenvalue weighted by Gasteiger charge is -2.38. The number of thiophene rings is 1. The van der Waals surface area contributed by atoms with Crippen molar-refractivity contribution in [2.24, 2.45) is 5.92 Å². The van der Waals surface area contributed by atoms with Crippen molar-refractivity contribution < 1.29 is 4.79 Å². The van der Waals surface area contributed by atoms with Gasteiger partial charge in [-0.1, -0.05) is 48.6 Å². The van der Waals surface area contributed by atoms with Crippen LogP contribution in [0, 0.1) is 5.92 Å². The lowest BCUT2D eigenvalue weighted by molar-refractivity contribution is -0.138. The highest BCUT2D eigenvalue weighted by Crippen LogP contribution is 2.23. The molecule has 2 saturated heterocycles. The summed E-state index contributed by atoms with van der Waals surface area (Å²) in [5.41, 5.74) is 1.24. The summed E-state index contributed by atoms with van der Waals surface area (Å²) in [6, 6.07) is 14.7. The maximum atomic E-state index is 13.0. The molecule has 2 aliphatic rings. The molecule has 2 aromatic rings. The van der Waals surface area contributed by atoms with E-state index in [1.807, 2.05) is 17.4 Å². The summed E-state index contributed by atoms with van der Waals surface area (Å²) < 4.78 is 0. The second-order valence-electron chi connectivity index (χ2n) is 8.07. The average molecular weight is 410 g/mol. The number of piperidine rings is 1. The molecular formula is C24H31N3OS. The van der Waals surface area contributed by atoms with E-state index >= 15 is 0 Å². The Morgan fingerprint density at radius 3 is 2.38 bits per heavy atom. The number of benzene rings is 1. The van der Waals surface area contributed by atoms with Gasteiger partial charge >= 0.3 is 0 Å². The largest absolute Gasteiger partial charge is 0.340 e. The van der Waals surface area contributed by atoms with Gasteiger partial charge in [0.05, 0.1) is 0 Å². The summed E-state index contributed by atoms with van der Waals surface area (Å²) in [7, 11) is 0. The maximum Gasteiger partial charge on any atom is 0.225 e. The van der Waals surface area contributed by atoms with Crippen LogP contribution in [0.1, 0.15) is 23.3 Å². The lowest BCUT2D eigenvalue weighted by Crippen LogP contribution is -2.51.